The number of nitrogens with two attached hydrogens (primary N) is 1. The molecule has 0 radical (unpaired) electrons. The molecule has 0 saturated carbocycles. The summed E-state index contributed by atoms with van der Waals surface area (Å²) in [6, 6.07) is 0. The second-order valence-electron chi connectivity index (χ2n) is 4.55. The van der Waals surface area contributed by atoms with Crippen LogP contribution in [0.5, 0.6) is 0 Å². The van der Waals surface area contributed by atoms with Gasteiger partial charge in [-0.25, -0.2) is 0 Å². The van der Waals surface area contributed by atoms with Crippen LogP contribution in [0.2, 0.25) is 0 Å². The van der Waals surface area contributed by atoms with E-state index in [0.717, 1.165) is 19.3 Å². The van der Waals surface area contributed by atoms with Crippen LogP contribution >= 0.6 is 0 Å². The van der Waals surface area contributed by atoms with Crippen molar-refractivity contribution in [2.75, 3.05) is 6.54 Å². The van der Waals surface area contributed by atoms with Gasteiger partial charge in [-0.3, -0.25) is 4.79 Å². The van der Waals surface area contributed by atoms with E-state index in [1.165, 1.54) is 0 Å². The van der Waals surface area contributed by atoms with Crippen LogP contribution in [0.4, 0.5) is 0 Å². The van der Waals surface area contributed by atoms with E-state index in [1.54, 1.807) is 0 Å². The van der Waals surface area contributed by atoms with Gasteiger partial charge in [0.1, 0.15) is 5.78 Å². The van der Waals surface area contributed by atoms with Gasteiger partial charge in [0, 0.05) is 18.4 Å². The highest BCUT2D eigenvalue weighted by atomic mass is 16.1. The molecule has 0 aliphatic carbocycles. The van der Waals surface area contributed by atoms with Crippen molar-refractivity contribution in [2.45, 2.75) is 53.4 Å². The molecule has 0 aromatic rings. The van der Waals surface area contributed by atoms with Gasteiger partial charge in [-0.05, 0) is 25.2 Å². The van der Waals surface area contributed by atoms with Gasteiger partial charge in [-0.2, -0.15) is 0 Å². The van der Waals surface area contributed by atoms with Gasteiger partial charge in [0.05, 0.1) is 0 Å². The average Bonchev–Trinajstić information content (AvgIpc) is 2.18. The van der Waals surface area contributed by atoms with E-state index in [-0.39, 0.29) is 5.41 Å². The van der Waals surface area contributed by atoms with E-state index >= 15 is 0 Å². The van der Waals surface area contributed by atoms with Gasteiger partial charge in [0.15, 0.2) is 0 Å². The summed E-state index contributed by atoms with van der Waals surface area (Å²) in [6.07, 6.45) is 3.42. The first-order valence-corrected chi connectivity index (χ1v) is 5.75. The first-order valence-electron chi connectivity index (χ1n) is 5.75. The number of hydrogen-bond acceptors (Lipinski definition) is 2. The maximum atomic E-state index is 12.0. The summed E-state index contributed by atoms with van der Waals surface area (Å²) in [5, 5.41) is 0. The predicted molar refractivity (Wildman–Crippen MR) is 61.1 cm³/mol. The Labute approximate surface area is 88.3 Å². The van der Waals surface area contributed by atoms with Crippen molar-refractivity contribution in [2.24, 2.45) is 17.1 Å². The zero-order valence-corrected chi connectivity index (χ0v) is 10.1. The van der Waals surface area contributed by atoms with Crippen LogP contribution in [0.25, 0.3) is 0 Å². The Bertz CT molecular complexity index is 163. The Balaban J connectivity index is 4.29. The van der Waals surface area contributed by atoms with Crippen molar-refractivity contribution in [3.05, 3.63) is 0 Å². The van der Waals surface area contributed by atoms with Crippen LogP contribution in [0.15, 0.2) is 0 Å². The molecule has 0 aliphatic heterocycles. The molecule has 84 valence electrons. The summed E-state index contributed by atoms with van der Waals surface area (Å²) >= 11 is 0. The van der Waals surface area contributed by atoms with Gasteiger partial charge >= 0.3 is 0 Å². The lowest BCUT2D eigenvalue weighted by Gasteiger charge is -2.28. The van der Waals surface area contributed by atoms with Gasteiger partial charge < -0.3 is 5.73 Å². The number of carbonyl (C=O) groups excluding carboxylic acids is 1. The lowest BCUT2D eigenvalue weighted by Crippen LogP contribution is -2.37. The van der Waals surface area contributed by atoms with Gasteiger partial charge in [-0.1, -0.05) is 27.7 Å². The third kappa shape index (κ3) is 3.41. The molecule has 0 heterocycles. The highest BCUT2D eigenvalue weighted by Crippen LogP contribution is 2.28. The van der Waals surface area contributed by atoms with Crippen molar-refractivity contribution in [3.8, 4) is 0 Å². The predicted octanol–water partition coefficient (Wildman–Crippen LogP) is 2.76. The number of carbonyl (C=O) groups is 1. The zero-order valence-electron chi connectivity index (χ0n) is 10.1. The van der Waals surface area contributed by atoms with Crippen LogP contribution < -0.4 is 5.73 Å². The van der Waals surface area contributed by atoms with Crippen molar-refractivity contribution in [1.82, 2.24) is 0 Å². The first-order chi connectivity index (χ1) is 6.52. The van der Waals surface area contributed by atoms with Crippen LogP contribution in [-0.4, -0.2) is 12.3 Å². The average molecular weight is 199 g/mol. The summed E-state index contributed by atoms with van der Waals surface area (Å²) in [6.45, 7) is 8.91. The maximum absolute atomic E-state index is 12.0. The first kappa shape index (κ1) is 13.6. The molecule has 0 aliphatic rings. The maximum Gasteiger partial charge on any atom is 0.140 e. The molecule has 0 fully saturated rings. The van der Waals surface area contributed by atoms with E-state index < -0.39 is 0 Å². The molecule has 0 atom stereocenters. The third-order valence-electron chi connectivity index (χ3n) is 3.28. The van der Waals surface area contributed by atoms with Crippen LogP contribution in [0, 0.1) is 11.3 Å². The van der Waals surface area contributed by atoms with Crippen molar-refractivity contribution < 1.29 is 4.79 Å². The second kappa shape index (κ2) is 6.18. The number of Topliss-reactive ketones (excluding diaryl/α,β-unsaturated/α-hetero) is 1. The normalized spacial score (nSPS) is 12.1. The van der Waals surface area contributed by atoms with E-state index in [4.69, 9.17) is 5.73 Å². The minimum Gasteiger partial charge on any atom is -0.329 e. The summed E-state index contributed by atoms with van der Waals surface area (Å²) in [5.41, 5.74) is 5.47. The summed E-state index contributed by atoms with van der Waals surface area (Å²) in [5.74, 6) is 0.960. The standard InChI is InChI=1S/C12H25NO/c1-5-12(6-2,9-13)11(14)8-7-10(3)4/h10H,5-9,13H2,1-4H3. The number of rotatable bonds is 7. The number of hydrogen-bond donors (Lipinski definition) is 1. The molecule has 0 amide bonds. The van der Waals surface area contributed by atoms with Crippen molar-refractivity contribution in [1.29, 1.82) is 0 Å². The fourth-order valence-corrected chi connectivity index (χ4v) is 1.73. The molecule has 0 rings (SSSR count). The summed E-state index contributed by atoms with van der Waals surface area (Å²) in [4.78, 5) is 12.0. The highest BCUT2D eigenvalue weighted by molar-refractivity contribution is 5.85. The zero-order chi connectivity index (χ0) is 11.2. The lowest BCUT2D eigenvalue weighted by atomic mass is 9.76. The highest BCUT2D eigenvalue weighted by Gasteiger charge is 2.32. The molecule has 0 bridgehead atoms. The quantitative estimate of drug-likeness (QED) is 0.685. The smallest absolute Gasteiger partial charge is 0.140 e. The third-order valence-corrected chi connectivity index (χ3v) is 3.28. The van der Waals surface area contributed by atoms with E-state index in [1.807, 2.05) is 0 Å². The van der Waals surface area contributed by atoms with Crippen LogP contribution in [-0.2, 0) is 4.79 Å². The SMILES string of the molecule is CCC(CC)(CN)C(=O)CCC(C)C. The largest absolute Gasteiger partial charge is 0.329 e. The van der Waals surface area contributed by atoms with Crippen molar-refractivity contribution in [3.63, 3.8) is 0 Å². The Kier molecular flexibility index (Phi) is 6.01. The van der Waals surface area contributed by atoms with Crippen molar-refractivity contribution >= 4 is 5.78 Å². The Hall–Kier alpha value is -0.370. The Morgan fingerprint density at radius 3 is 2.07 bits per heavy atom. The summed E-state index contributed by atoms with van der Waals surface area (Å²) in [7, 11) is 0. The van der Waals surface area contributed by atoms with Gasteiger partial charge in [0.2, 0.25) is 0 Å². The molecule has 14 heavy (non-hydrogen) atoms. The van der Waals surface area contributed by atoms with E-state index in [9.17, 15) is 4.79 Å². The molecule has 2 nitrogen and oxygen atoms in total. The molecular weight excluding hydrogens is 174 g/mol. The van der Waals surface area contributed by atoms with Gasteiger partial charge in [-0.15, -0.1) is 0 Å². The Morgan fingerprint density at radius 2 is 1.79 bits per heavy atom. The van der Waals surface area contributed by atoms with Gasteiger partial charge in [0.25, 0.3) is 0 Å². The van der Waals surface area contributed by atoms with E-state index in [0.29, 0.717) is 24.7 Å². The summed E-state index contributed by atoms with van der Waals surface area (Å²) < 4.78 is 0. The fraction of sp³-hybridized carbons (Fsp3) is 0.917. The molecular formula is C12H25NO. The minimum absolute atomic E-state index is 0.241. The second-order valence-corrected chi connectivity index (χ2v) is 4.55. The molecule has 0 saturated heterocycles. The topological polar surface area (TPSA) is 43.1 Å². The molecule has 0 unspecified atom stereocenters. The molecule has 2 heteroatoms. The van der Waals surface area contributed by atoms with Crippen LogP contribution in [0.3, 0.4) is 0 Å². The Morgan fingerprint density at radius 1 is 1.29 bits per heavy atom. The lowest BCUT2D eigenvalue weighted by molar-refractivity contribution is -0.129. The number of ketones is 1. The molecule has 0 aromatic heterocycles. The molecule has 0 spiro atoms. The van der Waals surface area contributed by atoms with E-state index in [2.05, 4.69) is 27.7 Å². The molecule has 0 aromatic carbocycles. The monoisotopic (exact) mass is 199 g/mol. The molecule has 2 N–H and O–H groups in total. The fourth-order valence-electron chi connectivity index (χ4n) is 1.73. The van der Waals surface area contributed by atoms with Crippen LogP contribution in [0.1, 0.15) is 53.4 Å². The minimum atomic E-state index is -0.241.